The van der Waals surface area contributed by atoms with Gasteiger partial charge < -0.3 is 20.3 Å². The van der Waals surface area contributed by atoms with Gasteiger partial charge in [0.25, 0.3) is 5.91 Å². The van der Waals surface area contributed by atoms with Gasteiger partial charge in [0.05, 0.1) is 44.4 Å². The Morgan fingerprint density at radius 2 is 1.97 bits per heavy atom. The average molecular weight is 541 g/mol. The summed E-state index contributed by atoms with van der Waals surface area (Å²) in [6.07, 6.45) is 0.765. The molecule has 1 aromatic carbocycles. The summed E-state index contributed by atoms with van der Waals surface area (Å²) in [6, 6.07) is 6.30. The van der Waals surface area contributed by atoms with Crippen LogP contribution in [0.4, 0.5) is 9.18 Å². The molecule has 0 saturated carbocycles. The van der Waals surface area contributed by atoms with E-state index < -0.39 is 23.4 Å². The molecule has 4 heterocycles. The maximum absolute atomic E-state index is 15.8. The van der Waals surface area contributed by atoms with Crippen molar-refractivity contribution in [2.75, 3.05) is 7.11 Å². The molecular weight excluding hydrogens is 519 g/mol. The van der Waals surface area contributed by atoms with Gasteiger partial charge in [-0.15, -0.1) is 22.7 Å². The number of carbonyl (C=O) groups excluding carboxylic acids is 2. The monoisotopic (exact) mass is 540 g/mol. The molecule has 0 aliphatic rings. The Kier molecular flexibility index (Phi) is 5.97. The van der Waals surface area contributed by atoms with E-state index in [2.05, 4.69) is 9.97 Å². The van der Waals surface area contributed by atoms with Crippen LogP contribution in [0, 0.1) is 12.7 Å². The summed E-state index contributed by atoms with van der Waals surface area (Å²) in [4.78, 5) is 34.2. The summed E-state index contributed by atoms with van der Waals surface area (Å²) < 4.78 is 28.3. The fraction of sp³-hybridized carbons (Fsp3) is 0.200. The van der Waals surface area contributed by atoms with Crippen molar-refractivity contribution < 1.29 is 28.6 Å². The Labute approximate surface area is 217 Å². The minimum atomic E-state index is -1.07. The molecule has 0 bridgehead atoms. The normalized spacial score (nSPS) is 11.8. The first kappa shape index (κ1) is 24.8. The molecule has 0 atom stereocenters. The van der Waals surface area contributed by atoms with E-state index in [1.54, 1.807) is 31.5 Å². The Morgan fingerprint density at radius 3 is 2.62 bits per heavy atom. The number of aliphatic hydroxyl groups is 1. The molecule has 1 amide bonds. The number of methoxy groups -OCH3 is 1. The standard InChI is InChI=1S/C25H21FN4O5S2/c1-11-18(22(27)31)19-13(30(11)24(32)34-4)5-6-14(20(19)26)35-15-7-8-28-12-9-16(37-21(12)15)23-29-17(10-36-23)25(2,3)33/h5-10,33H,1-4H3,(H2,27,31). The number of halogens is 1. The van der Waals surface area contributed by atoms with Crippen molar-refractivity contribution in [3.63, 3.8) is 0 Å². The smallest absolute Gasteiger partial charge is 0.418 e. The number of nitrogens with two attached hydrogens (primary N) is 1. The Hall–Kier alpha value is -3.87. The molecule has 9 nitrogen and oxygen atoms in total. The van der Waals surface area contributed by atoms with Crippen LogP contribution in [0.25, 0.3) is 31.0 Å². The molecule has 0 radical (unpaired) electrons. The number of fused-ring (bicyclic) bond motifs is 2. The molecule has 0 fully saturated rings. The van der Waals surface area contributed by atoms with Crippen LogP contribution in [0.15, 0.2) is 35.8 Å². The van der Waals surface area contributed by atoms with Crippen molar-refractivity contribution in [1.82, 2.24) is 14.5 Å². The van der Waals surface area contributed by atoms with Crippen molar-refractivity contribution >= 4 is 55.8 Å². The zero-order chi connectivity index (χ0) is 26.6. The van der Waals surface area contributed by atoms with Crippen molar-refractivity contribution in [2.24, 2.45) is 5.73 Å². The SMILES string of the molecule is COC(=O)n1c(C)c(C(N)=O)c2c(F)c(Oc3ccnc4cc(-c5nc(C(C)(C)O)cs5)sc34)ccc21. The van der Waals surface area contributed by atoms with E-state index in [0.717, 1.165) is 9.44 Å². The van der Waals surface area contributed by atoms with Gasteiger partial charge in [0.2, 0.25) is 0 Å². The lowest BCUT2D eigenvalue weighted by molar-refractivity contribution is 0.0746. The summed E-state index contributed by atoms with van der Waals surface area (Å²) in [5.41, 5.74) is 5.81. The summed E-state index contributed by atoms with van der Waals surface area (Å²) in [5.74, 6) is -1.53. The summed E-state index contributed by atoms with van der Waals surface area (Å²) in [7, 11) is 1.19. The minimum Gasteiger partial charge on any atom is -0.453 e. The number of primary amides is 1. The summed E-state index contributed by atoms with van der Waals surface area (Å²) in [6.45, 7) is 4.82. The summed E-state index contributed by atoms with van der Waals surface area (Å²) in [5, 5.41) is 12.6. The van der Waals surface area contributed by atoms with Crippen molar-refractivity contribution in [1.29, 1.82) is 0 Å². The van der Waals surface area contributed by atoms with E-state index in [0.29, 0.717) is 26.7 Å². The van der Waals surface area contributed by atoms with Crippen LogP contribution in [-0.2, 0) is 10.3 Å². The molecular formula is C25H21FN4O5S2. The van der Waals surface area contributed by atoms with Crippen LogP contribution in [0.1, 0.15) is 35.6 Å². The molecule has 0 spiro atoms. The highest BCUT2D eigenvalue weighted by atomic mass is 32.1. The summed E-state index contributed by atoms with van der Waals surface area (Å²) >= 11 is 2.77. The lowest BCUT2D eigenvalue weighted by atomic mass is 10.1. The van der Waals surface area contributed by atoms with Gasteiger partial charge in [-0.3, -0.25) is 9.78 Å². The third-order valence-corrected chi connectivity index (χ3v) is 7.96. The number of thiazole rings is 1. The molecule has 0 saturated heterocycles. The lowest BCUT2D eigenvalue weighted by Crippen LogP contribution is -2.16. The van der Waals surface area contributed by atoms with E-state index in [1.165, 1.54) is 48.8 Å². The van der Waals surface area contributed by atoms with E-state index >= 15 is 4.39 Å². The van der Waals surface area contributed by atoms with E-state index in [4.69, 9.17) is 15.2 Å². The van der Waals surface area contributed by atoms with Crippen molar-refractivity contribution in [2.45, 2.75) is 26.4 Å². The van der Waals surface area contributed by atoms with Crippen LogP contribution in [0.5, 0.6) is 11.5 Å². The van der Waals surface area contributed by atoms with Crippen LogP contribution in [0.2, 0.25) is 0 Å². The third kappa shape index (κ3) is 4.12. The first-order valence-corrected chi connectivity index (χ1v) is 12.7. The number of amides is 1. The van der Waals surface area contributed by atoms with Crippen LogP contribution < -0.4 is 10.5 Å². The van der Waals surface area contributed by atoms with Gasteiger partial charge in [0.1, 0.15) is 16.4 Å². The fourth-order valence-corrected chi connectivity index (χ4v) is 6.15. The van der Waals surface area contributed by atoms with Gasteiger partial charge in [0, 0.05) is 23.3 Å². The van der Waals surface area contributed by atoms with Crippen molar-refractivity contribution in [3.8, 4) is 21.4 Å². The zero-order valence-electron chi connectivity index (χ0n) is 20.2. The number of carbonyl (C=O) groups is 2. The molecule has 5 aromatic rings. The predicted molar refractivity (Wildman–Crippen MR) is 139 cm³/mol. The second kappa shape index (κ2) is 8.91. The van der Waals surface area contributed by atoms with Gasteiger partial charge in [-0.1, -0.05) is 0 Å². The van der Waals surface area contributed by atoms with E-state index in [9.17, 15) is 14.7 Å². The highest BCUT2D eigenvalue weighted by Crippen LogP contribution is 2.42. The largest absolute Gasteiger partial charge is 0.453 e. The zero-order valence-corrected chi connectivity index (χ0v) is 21.8. The fourth-order valence-electron chi connectivity index (χ4n) is 4.04. The number of thiophene rings is 1. The van der Waals surface area contributed by atoms with Crippen LogP contribution >= 0.6 is 22.7 Å². The second-order valence-corrected chi connectivity index (χ2v) is 10.6. The van der Waals surface area contributed by atoms with Crippen LogP contribution in [-0.4, -0.2) is 38.8 Å². The quantitative estimate of drug-likeness (QED) is 0.299. The molecule has 12 heteroatoms. The van der Waals surface area contributed by atoms with Gasteiger partial charge in [0.15, 0.2) is 11.6 Å². The molecule has 0 aliphatic carbocycles. The van der Waals surface area contributed by atoms with Gasteiger partial charge >= 0.3 is 6.09 Å². The predicted octanol–water partition coefficient (Wildman–Crippen LogP) is 5.56. The number of nitrogens with zero attached hydrogens (tertiary/aromatic N) is 3. The highest BCUT2D eigenvalue weighted by molar-refractivity contribution is 7.25. The molecule has 0 aliphatic heterocycles. The topological polar surface area (TPSA) is 130 Å². The van der Waals surface area contributed by atoms with Crippen molar-refractivity contribution in [3.05, 3.63) is 58.6 Å². The Balaban J connectivity index is 1.60. The van der Waals surface area contributed by atoms with E-state index in [-0.39, 0.29) is 27.9 Å². The number of rotatable bonds is 5. The maximum atomic E-state index is 15.8. The first-order valence-electron chi connectivity index (χ1n) is 11.0. The average Bonchev–Trinajstić information content (AvgIpc) is 3.55. The van der Waals surface area contributed by atoms with Gasteiger partial charge in [-0.2, -0.15) is 0 Å². The number of hydrogen-bond acceptors (Lipinski definition) is 9. The Bertz CT molecular complexity index is 1710. The number of benzene rings is 1. The Morgan fingerprint density at radius 1 is 1.22 bits per heavy atom. The molecule has 190 valence electrons. The molecule has 37 heavy (non-hydrogen) atoms. The number of pyridine rings is 1. The number of aromatic nitrogens is 3. The highest BCUT2D eigenvalue weighted by Gasteiger charge is 2.27. The molecule has 5 rings (SSSR count). The molecule has 4 aromatic heterocycles. The minimum absolute atomic E-state index is 0.131. The number of ether oxygens (including phenoxy) is 2. The second-order valence-electron chi connectivity index (χ2n) is 8.73. The first-order chi connectivity index (χ1) is 17.5. The molecule has 0 unspecified atom stereocenters. The van der Waals surface area contributed by atoms with Gasteiger partial charge in [-0.05, 0) is 39.0 Å². The van der Waals surface area contributed by atoms with Crippen LogP contribution in [0.3, 0.4) is 0 Å². The maximum Gasteiger partial charge on any atom is 0.418 e. The van der Waals surface area contributed by atoms with Gasteiger partial charge in [-0.25, -0.2) is 18.7 Å². The lowest BCUT2D eigenvalue weighted by Gasteiger charge is -2.12. The third-order valence-electron chi connectivity index (χ3n) is 5.81. The molecule has 3 N–H and O–H groups in total. The van der Waals surface area contributed by atoms with E-state index in [1.807, 2.05) is 6.07 Å². The number of hydrogen-bond donors (Lipinski definition) is 2.